The van der Waals surface area contributed by atoms with Crippen LogP contribution in [0.1, 0.15) is 78.4 Å². The van der Waals surface area contributed by atoms with E-state index in [9.17, 15) is 9.59 Å². The van der Waals surface area contributed by atoms with E-state index in [4.69, 9.17) is 9.47 Å². The third-order valence-electron chi connectivity index (χ3n) is 6.07. The van der Waals surface area contributed by atoms with Crippen LogP contribution in [-0.2, 0) is 22.4 Å². The van der Waals surface area contributed by atoms with Crippen LogP contribution in [0.4, 0.5) is 9.59 Å². The van der Waals surface area contributed by atoms with Gasteiger partial charge >= 0.3 is 12.2 Å². The molecule has 2 aliphatic rings. The summed E-state index contributed by atoms with van der Waals surface area (Å²) in [6, 6.07) is 8.90. The smallest absolute Gasteiger partial charge is 0.410 e. The first-order valence-electron chi connectivity index (χ1n) is 12.2. The zero-order chi connectivity index (χ0) is 24.2. The van der Waals surface area contributed by atoms with Gasteiger partial charge in [0.25, 0.3) is 0 Å². The lowest BCUT2D eigenvalue weighted by Crippen LogP contribution is -2.52. The van der Waals surface area contributed by atoms with Crippen LogP contribution in [0.5, 0.6) is 0 Å². The predicted molar refractivity (Wildman–Crippen MR) is 129 cm³/mol. The molecule has 3 rings (SSSR count). The van der Waals surface area contributed by atoms with Gasteiger partial charge in [0.15, 0.2) is 0 Å². The maximum Gasteiger partial charge on any atom is 0.410 e. The molecule has 7 heteroatoms. The first kappa shape index (κ1) is 25.3. The van der Waals surface area contributed by atoms with E-state index >= 15 is 0 Å². The van der Waals surface area contributed by atoms with Crippen LogP contribution < -0.4 is 10.6 Å². The molecule has 0 saturated heterocycles. The molecular weight excluding hydrogens is 418 g/mol. The lowest BCUT2D eigenvalue weighted by Gasteiger charge is -2.39. The van der Waals surface area contributed by atoms with Gasteiger partial charge in [-0.3, -0.25) is 4.90 Å². The van der Waals surface area contributed by atoms with E-state index in [-0.39, 0.29) is 24.3 Å². The molecule has 7 nitrogen and oxygen atoms in total. The highest BCUT2D eigenvalue weighted by molar-refractivity contribution is 5.69. The number of hydrogen-bond donors (Lipinski definition) is 2. The maximum absolute atomic E-state index is 13.0. The van der Waals surface area contributed by atoms with Gasteiger partial charge in [-0.1, -0.05) is 24.3 Å². The van der Waals surface area contributed by atoms with E-state index in [1.54, 1.807) is 0 Å². The molecule has 184 valence electrons. The zero-order valence-corrected chi connectivity index (χ0v) is 21.1. The Bertz CT molecular complexity index is 820. The third-order valence-corrected chi connectivity index (χ3v) is 6.07. The largest absolute Gasteiger partial charge is 0.444 e. The molecule has 1 atom stereocenters. The molecule has 2 amide bonds. The number of benzene rings is 1. The second kappa shape index (κ2) is 10.3. The number of nitrogens with zero attached hydrogens (tertiary/aromatic N) is 1. The Hall–Kier alpha value is -2.28. The second-order valence-electron chi connectivity index (χ2n) is 11.3. The summed E-state index contributed by atoms with van der Waals surface area (Å²) >= 11 is 0. The number of alkyl carbamates (subject to hydrolysis) is 1. The quantitative estimate of drug-likeness (QED) is 0.678. The minimum Gasteiger partial charge on any atom is -0.444 e. The summed E-state index contributed by atoms with van der Waals surface area (Å²) in [6.07, 6.45) is 4.02. The number of carbonyl (C=O) groups excluding carboxylic acids is 2. The summed E-state index contributed by atoms with van der Waals surface area (Å²) in [5, 5.41) is 6.69. The zero-order valence-electron chi connectivity index (χ0n) is 21.1. The van der Waals surface area contributed by atoms with Gasteiger partial charge in [-0.2, -0.15) is 0 Å². The number of carbonyl (C=O) groups is 2. The molecule has 1 aromatic carbocycles. The Labute approximate surface area is 198 Å². The molecule has 0 radical (unpaired) electrons. The van der Waals surface area contributed by atoms with Gasteiger partial charge in [-0.25, -0.2) is 9.59 Å². The van der Waals surface area contributed by atoms with Gasteiger partial charge < -0.3 is 20.1 Å². The van der Waals surface area contributed by atoms with E-state index in [1.807, 2.05) is 52.5 Å². The summed E-state index contributed by atoms with van der Waals surface area (Å²) in [4.78, 5) is 26.9. The molecule has 1 fully saturated rings. The van der Waals surface area contributed by atoms with Crippen LogP contribution in [0.3, 0.4) is 0 Å². The van der Waals surface area contributed by atoms with Gasteiger partial charge in [0.05, 0.1) is 6.04 Å². The lowest BCUT2D eigenvalue weighted by atomic mass is 9.90. The van der Waals surface area contributed by atoms with Crippen molar-refractivity contribution in [2.45, 2.75) is 110 Å². The molecule has 0 spiro atoms. The van der Waals surface area contributed by atoms with Gasteiger partial charge in [0.1, 0.15) is 11.2 Å². The summed E-state index contributed by atoms with van der Waals surface area (Å²) in [7, 11) is 0. The Morgan fingerprint density at radius 1 is 0.909 bits per heavy atom. The van der Waals surface area contributed by atoms with Gasteiger partial charge in [0, 0.05) is 25.2 Å². The SMILES string of the molecule is CC(C)(C)OC(=O)NC1CCC(NCC2Cc3ccccc3CN2C(=O)OC(C)(C)C)CC1. The van der Waals surface area contributed by atoms with Crippen molar-refractivity contribution in [3.63, 3.8) is 0 Å². The van der Waals surface area contributed by atoms with Crippen LogP contribution in [0, 0.1) is 0 Å². The highest BCUT2D eigenvalue weighted by Crippen LogP contribution is 2.26. The van der Waals surface area contributed by atoms with E-state index in [1.165, 1.54) is 11.1 Å². The Kier molecular flexibility index (Phi) is 7.93. The summed E-state index contributed by atoms with van der Waals surface area (Å²) < 4.78 is 11.1. The highest BCUT2D eigenvalue weighted by atomic mass is 16.6. The number of fused-ring (bicyclic) bond motifs is 1. The fourth-order valence-corrected chi connectivity index (χ4v) is 4.52. The van der Waals surface area contributed by atoms with E-state index in [2.05, 4.69) is 28.8 Å². The molecular formula is C26H41N3O4. The molecule has 1 aliphatic carbocycles. The molecule has 33 heavy (non-hydrogen) atoms. The third kappa shape index (κ3) is 7.91. The van der Waals surface area contributed by atoms with Gasteiger partial charge in [-0.05, 0) is 84.8 Å². The van der Waals surface area contributed by atoms with Crippen molar-refractivity contribution in [2.75, 3.05) is 6.54 Å². The minimum absolute atomic E-state index is 0.0485. The van der Waals surface area contributed by atoms with E-state index in [0.29, 0.717) is 12.6 Å². The van der Waals surface area contributed by atoms with Crippen LogP contribution in [-0.4, -0.2) is 53.0 Å². The minimum atomic E-state index is -0.522. The monoisotopic (exact) mass is 459 g/mol. The fraction of sp³-hybridized carbons (Fsp3) is 0.692. The second-order valence-corrected chi connectivity index (χ2v) is 11.3. The van der Waals surface area contributed by atoms with E-state index < -0.39 is 11.2 Å². The molecule has 1 aliphatic heterocycles. The molecule has 0 bridgehead atoms. The number of hydrogen-bond acceptors (Lipinski definition) is 5. The first-order chi connectivity index (χ1) is 15.4. The maximum atomic E-state index is 13.0. The molecule has 2 N–H and O–H groups in total. The molecule has 1 unspecified atom stereocenters. The Morgan fingerprint density at radius 2 is 1.48 bits per heavy atom. The normalized spacial score (nSPS) is 23.5. The van der Waals surface area contributed by atoms with Crippen LogP contribution >= 0.6 is 0 Å². The van der Waals surface area contributed by atoms with Gasteiger partial charge in [0.2, 0.25) is 0 Å². The van der Waals surface area contributed by atoms with Crippen molar-refractivity contribution in [3.8, 4) is 0 Å². The van der Waals surface area contributed by atoms with Crippen molar-refractivity contribution in [1.29, 1.82) is 0 Å². The Morgan fingerprint density at radius 3 is 2.09 bits per heavy atom. The van der Waals surface area contributed by atoms with E-state index in [0.717, 1.165) is 38.6 Å². The Balaban J connectivity index is 1.53. The first-order valence-corrected chi connectivity index (χ1v) is 12.2. The van der Waals surface area contributed by atoms with Crippen LogP contribution in [0.15, 0.2) is 24.3 Å². The summed E-state index contributed by atoms with van der Waals surface area (Å²) in [6.45, 7) is 12.6. The topological polar surface area (TPSA) is 79.9 Å². The number of ether oxygens (including phenoxy) is 2. The van der Waals surface area contributed by atoms with Crippen LogP contribution in [0.2, 0.25) is 0 Å². The van der Waals surface area contributed by atoms with Crippen molar-refractivity contribution in [1.82, 2.24) is 15.5 Å². The molecule has 1 saturated carbocycles. The van der Waals surface area contributed by atoms with Gasteiger partial charge in [-0.15, -0.1) is 0 Å². The summed E-state index contributed by atoms with van der Waals surface area (Å²) in [5.41, 5.74) is 1.48. The number of amides is 2. The van der Waals surface area contributed by atoms with Crippen molar-refractivity contribution in [2.24, 2.45) is 0 Å². The number of rotatable bonds is 4. The highest BCUT2D eigenvalue weighted by Gasteiger charge is 2.33. The van der Waals surface area contributed by atoms with Crippen molar-refractivity contribution >= 4 is 12.2 Å². The molecule has 1 heterocycles. The average molecular weight is 460 g/mol. The number of nitrogens with one attached hydrogen (secondary N) is 2. The lowest BCUT2D eigenvalue weighted by molar-refractivity contribution is 0.0115. The molecule has 1 aromatic rings. The van der Waals surface area contributed by atoms with Crippen molar-refractivity contribution in [3.05, 3.63) is 35.4 Å². The predicted octanol–water partition coefficient (Wildman–Crippen LogP) is 4.77. The average Bonchev–Trinajstić information content (AvgIpc) is 2.70. The van der Waals surface area contributed by atoms with Crippen LogP contribution in [0.25, 0.3) is 0 Å². The standard InChI is InChI=1S/C26H41N3O4/c1-25(2,3)32-23(30)28-21-13-11-20(12-14-21)27-16-22-15-18-9-7-8-10-19(18)17-29(22)24(31)33-26(4,5)6/h7-10,20-22,27H,11-17H2,1-6H3,(H,28,30). The molecule has 0 aromatic heterocycles. The fourth-order valence-electron chi connectivity index (χ4n) is 4.52. The summed E-state index contributed by atoms with van der Waals surface area (Å²) in [5.74, 6) is 0. The van der Waals surface area contributed by atoms with Crippen molar-refractivity contribution < 1.29 is 19.1 Å².